The van der Waals surface area contributed by atoms with E-state index in [0.29, 0.717) is 29.7 Å². The van der Waals surface area contributed by atoms with E-state index in [9.17, 15) is 27.2 Å². The summed E-state index contributed by atoms with van der Waals surface area (Å²) in [7, 11) is 3.88. The Morgan fingerprint density at radius 2 is 1.85 bits per heavy atom. The normalized spacial score (nSPS) is 18.9. The van der Waals surface area contributed by atoms with Gasteiger partial charge in [0.05, 0.1) is 22.8 Å². The van der Waals surface area contributed by atoms with Crippen LogP contribution in [0.2, 0.25) is 0 Å². The highest BCUT2D eigenvalue weighted by molar-refractivity contribution is 6.16. The standard InChI is InChI=1S/C27H26F4N6O2/c1-13(8-16-23(30)17(28)11-18(29)24(16)31)33-19-4-5-32-26(38)22(19)25-34-20-9-14-12-37(7-6-36(2)3)27(39)15(14)10-21(20)35-25/h4-5,9-11,13,22H,6-8,12H2,1-3H3,(H,32,38)(H,34,35)/b33-19+/t13-,22?/m0/s1. The van der Waals surface area contributed by atoms with Gasteiger partial charge in [0.25, 0.3) is 5.91 Å². The number of fused-ring (bicyclic) bond motifs is 2. The number of nitrogens with one attached hydrogen (secondary N) is 2. The van der Waals surface area contributed by atoms with Crippen LogP contribution in [0.4, 0.5) is 17.6 Å². The van der Waals surface area contributed by atoms with Crippen molar-refractivity contribution in [3.05, 3.63) is 76.3 Å². The molecule has 0 spiro atoms. The van der Waals surface area contributed by atoms with Crippen LogP contribution in [0.25, 0.3) is 11.0 Å². The van der Waals surface area contributed by atoms with E-state index in [4.69, 9.17) is 0 Å². The van der Waals surface area contributed by atoms with Crippen LogP contribution in [-0.2, 0) is 17.8 Å². The van der Waals surface area contributed by atoms with E-state index in [2.05, 4.69) is 20.3 Å². The number of likely N-dealkylation sites (N-methyl/N-ethyl adjacent to an activating group) is 1. The summed E-state index contributed by atoms with van der Waals surface area (Å²) in [4.78, 5) is 41.7. The second kappa shape index (κ2) is 10.3. The zero-order valence-electron chi connectivity index (χ0n) is 21.5. The van der Waals surface area contributed by atoms with E-state index in [1.165, 1.54) is 19.2 Å². The predicted molar refractivity (Wildman–Crippen MR) is 136 cm³/mol. The van der Waals surface area contributed by atoms with Crippen LogP contribution in [0, 0.1) is 23.3 Å². The van der Waals surface area contributed by atoms with Gasteiger partial charge in [-0.2, -0.15) is 0 Å². The van der Waals surface area contributed by atoms with Crippen molar-refractivity contribution < 1.29 is 27.2 Å². The summed E-state index contributed by atoms with van der Waals surface area (Å²) in [5.41, 5.74) is 2.04. The number of benzene rings is 2. The SMILES string of the molecule is C[C@@H](Cc1c(F)c(F)cc(F)c1F)/N=C1\C=CNC(=O)C1c1nc2cc3c(cc2[nH]1)CN(CCN(C)C)C3=O. The number of imidazole rings is 1. The Bertz CT molecular complexity index is 1520. The van der Waals surface area contributed by atoms with Gasteiger partial charge in [-0.3, -0.25) is 14.6 Å². The molecular formula is C27H26F4N6O2. The van der Waals surface area contributed by atoms with Gasteiger partial charge in [0.15, 0.2) is 23.3 Å². The van der Waals surface area contributed by atoms with Gasteiger partial charge in [0, 0.05) is 49.4 Å². The molecule has 12 heteroatoms. The first-order valence-corrected chi connectivity index (χ1v) is 12.4. The van der Waals surface area contributed by atoms with Crippen molar-refractivity contribution in [2.45, 2.75) is 31.8 Å². The quantitative estimate of drug-likeness (QED) is 0.354. The van der Waals surface area contributed by atoms with Gasteiger partial charge in [-0.25, -0.2) is 22.5 Å². The van der Waals surface area contributed by atoms with E-state index < -0.39 is 53.1 Å². The third-order valence-electron chi connectivity index (χ3n) is 6.80. The largest absolute Gasteiger partial charge is 0.341 e. The number of H-pyrrole nitrogens is 1. The molecule has 2 aromatic carbocycles. The topological polar surface area (TPSA) is 93.7 Å². The third kappa shape index (κ3) is 5.03. The van der Waals surface area contributed by atoms with E-state index in [-0.39, 0.29) is 23.5 Å². The molecule has 2 aliphatic heterocycles. The van der Waals surface area contributed by atoms with Gasteiger partial charge in [0.1, 0.15) is 11.7 Å². The summed E-state index contributed by atoms with van der Waals surface area (Å²) >= 11 is 0. The van der Waals surface area contributed by atoms with Crippen molar-refractivity contribution in [2.75, 3.05) is 27.2 Å². The van der Waals surface area contributed by atoms with Gasteiger partial charge in [-0.05, 0) is 44.8 Å². The molecule has 0 fully saturated rings. The highest BCUT2D eigenvalue weighted by Crippen LogP contribution is 2.30. The lowest BCUT2D eigenvalue weighted by molar-refractivity contribution is -0.120. The molecule has 2 aliphatic rings. The lowest BCUT2D eigenvalue weighted by Crippen LogP contribution is -2.35. The van der Waals surface area contributed by atoms with E-state index in [0.717, 1.165) is 12.1 Å². The zero-order chi connectivity index (χ0) is 28.0. The number of nitrogens with zero attached hydrogens (tertiary/aromatic N) is 4. The maximum absolute atomic E-state index is 14.2. The maximum Gasteiger partial charge on any atom is 0.254 e. The molecule has 5 rings (SSSR count). The number of aromatic nitrogens is 2. The second-order valence-electron chi connectivity index (χ2n) is 10.0. The molecule has 3 aromatic rings. The van der Waals surface area contributed by atoms with Crippen LogP contribution < -0.4 is 5.32 Å². The molecule has 8 nitrogen and oxygen atoms in total. The van der Waals surface area contributed by atoms with Crippen molar-refractivity contribution in [2.24, 2.45) is 4.99 Å². The Morgan fingerprint density at radius 3 is 2.54 bits per heavy atom. The van der Waals surface area contributed by atoms with Crippen LogP contribution in [-0.4, -0.2) is 70.5 Å². The first kappa shape index (κ1) is 26.5. The van der Waals surface area contributed by atoms with Gasteiger partial charge >= 0.3 is 0 Å². The van der Waals surface area contributed by atoms with Crippen molar-refractivity contribution in [3.8, 4) is 0 Å². The molecule has 0 bridgehead atoms. The van der Waals surface area contributed by atoms with E-state index in [1.54, 1.807) is 11.0 Å². The number of carbonyl (C=O) groups is 2. The molecule has 0 radical (unpaired) electrons. The number of hydrogen-bond donors (Lipinski definition) is 2. The molecule has 0 saturated heterocycles. The minimum absolute atomic E-state index is 0.0824. The molecule has 204 valence electrons. The number of aromatic amines is 1. The fourth-order valence-electron chi connectivity index (χ4n) is 4.84. The molecule has 1 unspecified atom stereocenters. The number of rotatable bonds is 7. The Labute approximate surface area is 221 Å². The Balaban J connectivity index is 1.43. The molecule has 2 amide bonds. The highest BCUT2D eigenvalue weighted by Gasteiger charge is 2.33. The average Bonchev–Trinajstić information content (AvgIpc) is 3.42. The third-order valence-corrected chi connectivity index (χ3v) is 6.80. The molecule has 3 heterocycles. The average molecular weight is 543 g/mol. The summed E-state index contributed by atoms with van der Waals surface area (Å²) in [6, 6.07) is 2.86. The first-order valence-electron chi connectivity index (χ1n) is 12.4. The summed E-state index contributed by atoms with van der Waals surface area (Å²) in [6.45, 7) is 3.31. The monoisotopic (exact) mass is 542 g/mol. The minimum atomic E-state index is -1.49. The molecule has 1 aromatic heterocycles. The number of aliphatic imine (C=N–C) groups is 1. The van der Waals surface area contributed by atoms with Crippen molar-refractivity contribution in [1.82, 2.24) is 25.1 Å². The minimum Gasteiger partial charge on any atom is -0.341 e. The Kier molecular flexibility index (Phi) is 6.98. The number of carbonyl (C=O) groups excluding carboxylic acids is 2. The van der Waals surface area contributed by atoms with Gasteiger partial charge in [-0.15, -0.1) is 0 Å². The van der Waals surface area contributed by atoms with Crippen LogP contribution in [0.3, 0.4) is 0 Å². The Hall–Kier alpha value is -4.06. The van der Waals surface area contributed by atoms with Crippen LogP contribution >= 0.6 is 0 Å². The van der Waals surface area contributed by atoms with Gasteiger partial charge in [-0.1, -0.05) is 0 Å². The van der Waals surface area contributed by atoms with Gasteiger partial charge in [0.2, 0.25) is 5.91 Å². The molecule has 39 heavy (non-hydrogen) atoms. The summed E-state index contributed by atoms with van der Waals surface area (Å²) in [6.07, 6.45) is 2.48. The van der Waals surface area contributed by atoms with E-state index in [1.807, 2.05) is 25.1 Å². The number of amides is 2. The molecule has 2 N–H and O–H groups in total. The number of hydrogen-bond acceptors (Lipinski definition) is 5. The Morgan fingerprint density at radius 1 is 1.13 bits per heavy atom. The van der Waals surface area contributed by atoms with Gasteiger partial charge < -0.3 is 20.1 Å². The van der Waals surface area contributed by atoms with Crippen molar-refractivity contribution >= 4 is 28.6 Å². The lowest BCUT2D eigenvalue weighted by Gasteiger charge is -2.20. The molecule has 2 atom stereocenters. The molecule has 0 aliphatic carbocycles. The fourth-order valence-corrected chi connectivity index (χ4v) is 4.84. The van der Waals surface area contributed by atoms with Crippen LogP contribution in [0.15, 0.2) is 35.5 Å². The second-order valence-corrected chi connectivity index (χ2v) is 10.0. The maximum atomic E-state index is 14.2. The van der Waals surface area contributed by atoms with Crippen LogP contribution in [0.5, 0.6) is 0 Å². The molecule has 0 saturated carbocycles. The predicted octanol–water partition coefficient (Wildman–Crippen LogP) is 3.44. The summed E-state index contributed by atoms with van der Waals surface area (Å²) in [5.74, 6) is -7.17. The number of halogens is 4. The smallest absolute Gasteiger partial charge is 0.254 e. The lowest BCUT2D eigenvalue weighted by atomic mass is 9.97. The fraction of sp³-hybridized carbons (Fsp3) is 0.333. The number of allylic oxidation sites excluding steroid dienone is 1. The van der Waals surface area contributed by atoms with Crippen LogP contribution in [0.1, 0.15) is 40.2 Å². The summed E-state index contributed by atoms with van der Waals surface area (Å²) in [5, 5.41) is 2.60. The first-order chi connectivity index (χ1) is 18.5. The van der Waals surface area contributed by atoms with E-state index >= 15 is 0 Å². The zero-order valence-corrected chi connectivity index (χ0v) is 21.5. The summed E-state index contributed by atoms with van der Waals surface area (Å²) < 4.78 is 55.7. The highest BCUT2D eigenvalue weighted by atomic mass is 19.2. The van der Waals surface area contributed by atoms with Crippen molar-refractivity contribution in [3.63, 3.8) is 0 Å². The molecular weight excluding hydrogens is 516 g/mol. The van der Waals surface area contributed by atoms with Crippen molar-refractivity contribution in [1.29, 1.82) is 0 Å².